The van der Waals surface area contributed by atoms with Crippen LogP contribution in [0.25, 0.3) is 0 Å². The van der Waals surface area contributed by atoms with Crippen LogP contribution >= 0.6 is 0 Å². The smallest absolute Gasteiger partial charge is 0.404 e. The van der Waals surface area contributed by atoms with Crippen LogP contribution in [0, 0.1) is 0 Å². The molecule has 72 valence electrons. The van der Waals surface area contributed by atoms with E-state index in [-0.39, 0.29) is 12.7 Å². The normalized spacial score (nSPS) is 12.5. The Hall–Kier alpha value is -0.810. The van der Waals surface area contributed by atoms with Crippen molar-refractivity contribution in [2.45, 2.75) is 19.4 Å². The minimum atomic E-state index is -0.757. The van der Waals surface area contributed by atoms with Crippen LogP contribution in [0.15, 0.2) is 0 Å². The third-order valence-corrected chi connectivity index (χ3v) is 1.26. The molecule has 0 fully saturated rings. The Morgan fingerprint density at radius 2 is 2.33 bits per heavy atom. The zero-order valence-corrected chi connectivity index (χ0v) is 7.25. The first kappa shape index (κ1) is 11.2. The number of amides is 1. The van der Waals surface area contributed by atoms with Crippen LogP contribution in [0.1, 0.15) is 13.3 Å². The first-order chi connectivity index (χ1) is 5.63. The fraction of sp³-hybridized carbons (Fsp3) is 0.857. The lowest BCUT2D eigenvalue weighted by molar-refractivity contribution is 0.155. The van der Waals surface area contributed by atoms with Gasteiger partial charge in [0.1, 0.15) is 6.61 Å². The molecule has 4 N–H and O–H groups in total. The maximum absolute atomic E-state index is 10.1. The van der Waals surface area contributed by atoms with Crippen molar-refractivity contribution >= 4 is 6.09 Å². The second-order valence-corrected chi connectivity index (χ2v) is 2.56. The van der Waals surface area contributed by atoms with Gasteiger partial charge in [-0.3, -0.25) is 0 Å². The van der Waals surface area contributed by atoms with Crippen LogP contribution in [0.2, 0.25) is 0 Å². The molecule has 12 heavy (non-hydrogen) atoms. The first-order valence-corrected chi connectivity index (χ1v) is 3.94. The molecule has 0 heterocycles. The van der Waals surface area contributed by atoms with Crippen molar-refractivity contribution in [1.29, 1.82) is 0 Å². The molecule has 0 bridgehead atoms. The third-order valence-electron chi connectivity index (χ3n) is 1.26. The molecule has 1 atom stereocenters. The molecule has 0 spiro atoms. The van der Waals surface area contributed by atoms with Crippen molar-refractivity contribution in [2.24, 2.45) is 5.73 Å². The number of nitrogens with one attached hydrogen (secondary N) is 1. The highest BCUT2D eigenvalue weighted by atomic mass is 16.5. The van der Waals surface area contributed by atoms with Crippen LogP contribution in [0.4, 0.5) is 4.79 Å². The highest BCUT2D eigenvalue weighted by Gasteiger charge is 1.95. The van der Waals surface area contributed by atoms with Crippen molar-refractivity contribution in [1.82, 2.24) is 5.32 Å². The summed E-state index contributed by atoms with van der Waals surface area (Å²) in [7, 11) is 0. The predicted octanol–water partition coefficient (Wildman–Crippen LogP) is -0.558. The summed E-state index contributed by atoms with van der Waals surface area (Å²) in [6.07, 6.45) is -0.363. The third kappa shape index (κ3) is 9.19. The maximum Gasteiger partial charge on any atom is 0.404 e. The van der Waals surface area contributed by atoms with Gasteiger partial charge < -0.3 is 20.9 Å². The van der Waals surface area contributed by atoms with E-state index in [1.165, 1.54) is 0 Å². The molecule has 0 rings (SSSR count). The van der Waals surface area contributed by atoms with E-state index in [0.717, 1.165) is 0 Å². The van der Waals surface area contributed by atoms with E-state index in [0.29, 0.717) is 19.5 Å². The highest BCUT2D eigenvalue weighted by molar-refractivity contribution is 5.64. The number of hydrogen-bond donors (Lipinski definition) is 3. The van der Waals surface area contributed by atoms with Gasteiger partial charge in [0.05, 0.1) is 6.10 Å². The van der Waals surface area contributed by atoms with Crippen molar-refractivity contribution in [3.8, 4) is 0 Å². The number of ether oxygens (including phenoxy) is 1. The van der Waals surface area contributed by atoms with Gasteiger partial charge in [-0.15, -0.1) is 0 Å². The van der Waals surface area contributed by atoms with Crippen LogP contribution < -0.4 is 11.1 Å². The number of primary amides is 1. The van der Waals surface area contributed by atoms with Gasteiger partial charge in [0.2, 0.25) is 0 Å². The predicted molar refractivity (Wildman–Crippen MR) is 44.7 cm³/mol. The van der Waals surface area contributed by atoms with Gasteiger partial charge in [-0.25, -0.2) is 4.79 Å². The summed E-state index contributed by atoms with van der Waals surface area (Å²) in [5, 5.41) is 11.8. The number of nitrogens with two attached hydrogens (primary N) is 1. The van der Waals surface area contributed by atoms with Gasteiger partial charge in [-0.05, 0) is 19.9 Å². The lowest BCUT2D eigenvalue weighted by Crippen LogP contribution is -2.25. The average Bonchev–Trinajstić information content (AvgIpc) is 1.95. The average molecular weight is 176 g/mol. The Balaban J connectivity index is 2.96. The monoisotopic (exact) mass is 176 g/mol. The van der Waals surface area contributed by atoms with Crippen LogP contribution in [-0.4, -0.2) is 37.0 Å². The van der Waals surface area contributed by atoms with Crippen LogP contribution in [-0.2, 0) is 4.74 Å². The van der Waals surface area contributed by atoms with Gasteiger partial charge >= 0.3 is 6.09 Å². The molecule has 5 heteroatoms. The van der Waals surface area contributed by atoms with E-state index in [2.05, 4.69) is 10.1 Å². The second kappa shape index (κ2) is 6.87. The van der Waals surface area contributed by atoms with Crippen molar-refractivity contribution in [3.05, 3.63) is 0 Å². The van der Waals surface area contributed by atoms with Crippen LogP contribution in [0.3, 0.4) is 0 Å². The van der Waals surface area contributed by atoms with E-state index < -0.39 is 6.09 Å². The topological polar surface area (TPSA) is 84.6 Å². The first-order valence-electron chi connectivity index (χ1n) is 3.94. The summed E-state index contributed by atoms with van der Waals surface area (Å²) in [6, 6.07) is 0. The highest BCUT2D eigenvalue weighted by Crippen LogP contribution is 1.85. The van der Waals surface area contributed by atoms with Crippen molar-refractivity contribution < 1.29 is 14.6 Å². The van der Waals surface area contributed by atoms with Gasteiger partial charge in [0, 0.05) is 6.54 Å². The summed E-state index contributed by atoms with van der Waals surface area (Å²) in [5.74, 6) is 0. The van der Waals surface area contributed by atoms with E-state index in [9.17, 15) is 4.79 Å². The second-order valence-electron chi connectivity index (χ2n) is 2.56. The van der Waals surface area contributed by atoms with E-state index >= 15 is 0 Å². The fourth-order valence-electron chi connectivity index (χ4n) is 0.660. The number of aliphatic hydroxyl groups is 1. The summed E-state index contributed by atoms with van der Waals surface area (Å²) >= 11 is 0. The van der Waals surface area contributed by atoms with E-state index in [4.69, 9.17) is 10.8 Å². The number of rotatable bonds is 6. The summed E-state index contributed by atoms with van der Waals surface area (Å²) in [5.41, 5.74) is 4.73. The molecule has 5 nitrogen and oxygen atoms in total. The van der Waals surface area contributed by atoms with Crippen molar-refractivity contribution in [3.63, 3.8) is 0 Å². The fourth-order valence-corrected chi connectivity index (χ4v) is 0.660. The Bertz CT molecular complexity index is 128. The Kier molecular flexibility index (Phi) is 6.41. The maximum atomic E-state index is 10.1. The molecule has 0 aromatic heterocycles. The molecule has 0 radical (unpaired) electrons. The lowest BCUT2D eigenvalue weighted by atomic mass is 10.3. The number of aliphatic hydroxyl groups excluding tert-OH is 1. The SMILES string of the molecule is CC(O)CCNCCOC(N)=O. The van der Waals surface area contributed by atoms with Gasteiger partial charge in [0.15, 0.2) is 0 Å². The molecule has 0 saturated carbocycles. The molecular weight excluding hydrogens is 160 g/mol. The van der Waals surface area contributed by atoms with Gasteiger partial charge in [0.25, 0.3) is 0 Å². The molecule has 0 aliphatic rings. The summed E-state index contributed by atoms with van der Waals surface area (Å²) in [4.78, 5) is 10.1. The molecule has 0 saturated heterocycles. The molecular formula is C7H16N2O3. The molecule has 0 aromatic carbocycles. The van der Waals surface area contributed by atoms with Gasteiger partial charge in [-0.2, -0.15) is 0 Å². The minimum absolute atomic E-state index is 0.273. The lowest BCUT2D eigenvalue weighted by Gasteiger charge is -2.05. The Morgan fingerprint density at radius 3 is 2.83 bits per heavy atom. The quantitative estimate of drug-likeness (QED) is 0.474. The zero-order valence-electron chi connectivity index (χ0n) is 7.25. The molecule has 0 aliphatic carbocycles. The van der Waals surface area contributed by atoms with Crippen molar-refractivity contribution in [2.75, 3.05) is 19.7 Å². The summed E-state index contributed by atoms with van der Waals surface area (Å²) < 4.78 is 4.46. The number of hydrogen-bond acceptors (Lipinski definition) is 4. The molecule has 1 unspecified atom stereocenters. The van der Waals surface area contributed by atoms with E-state index in [1.54, 1.807) is 6.92 Å². The van der Waals surface area contributed by atoms with Crippen LogP contribution in [0.5, 0.6) is 0 Å². The molecule has 0 aromatic rings. The molecule has 1 amide bonds. The zero-order chi connectivity index (χ0) is 9.40. The Labute approximate surface area is 71.9 Å². The Morgan fingerprint density at radius 1 is 1.67 bits per heavy atom. The minimum Gasteiger partial charge on any atom is -0.448 e. The standard InChI is InChI=1S/C7H16N2O3/c1-6(10)2-3-9-4-5-12-7(8)11/h6,9-10H,2-5H2,1H3,(H2,8,11). The van der Waals surface area contributed by atoms with Gasteiger partial charge in [-0.1, -0.05) is 0 Å². The number of carbonyl (C=O) groups is 1. The largest absolute Gasteiger partial charge is 0.448 e. The van der Waals surface area contributed by atoms with E-state index in [1.807, 2.05) is 0 Å². The summed E-state index contributed by atoms with van der Waals surface area (Å²) in [6.45, 7) is 3.27. The molecule has 0 aliphatic heterocycles. The number of carbonyl (C=O) groups excluding carboxylic acids is 1.